The van der Waals surface area contributed by atoms with Gasteiger partial charge in [-0.15, -0.1) is 0 Å². The van der Waals surface area contributed by atoms with E-state index in [1.165, 1.54) is 12.1 Å². The molecule has 0 spiro atoms. The van der Waals surface area contributed by atoms with Crippen LogP contribution in [0.15, 0.2) is 41.5 Å². The summed E-state index contributed by atoms with van der Waals surface area (Å²) in [5.41, 5.74) is 2.05. The van der Waals surface area contributed by atoms with Crippen LogP contribution in [-0.2, 0) is 18.6 Å². The molecule has 5 atom stereocenters. The van der Waals surface area contributed by atoms with Crippen LogP contribution in [0.3, 0.4) is 0 Å². The number of ether oxygens (including phenoxy) is 1. The number of aliphatic hydroxyl groups is 3. The van der Waals surface area contributed by atoms with E-state index in [1.807, 2.05) is 0 Å². The molecule has 35 heavy (non-hydrogen) atoms. The number of aliphatic hydroxyl groups excluding tert-OH is 2. The van der Waals surface area contributed by atoms with Crippen molar-refractivity contribution in [2.24, 2.45) is 0 Å². The van der Waals surface area contributed by atoms with Gasteiger partial charge in [0, 0.05) is 0 Å². The van der Waals surface area contributed by atoms with Crippen LogP contribution in [0, 0.1) is 0 Å². The molecule has 1 aliphatic rings. The summed E-state index contributed by atoms with van der Waals surface area (Å²) in [6, 6.07) is 7.90. The topological polar surface area (TPSA) is 243 Å². The van der Waals surface area contributed by atoms with Crippen molar-refractivity contribution in [1.82, 2.24) is 19.5 Å². The van der Waals surface area contributed by atoms with Crippen molar-refractivity contribution in [3.05, 3.63) is 52.6 Å². The fourth-order valence-electron chi connectivity index (χ4n) is 4.04. The molecular weight excluding hydrogens is 489 g/mol. The highest BCUT2D eigenvalue weighted by Crippen LogP contribution is 2.44. The van der Waals surface area contributed by atoms with Crippen LogP contribution in [0.1, 0.15) is 17.7 Å². The number of phosphoric ester groups is 1. The van der Waals surface area contributed by atoms with Gasteiger partial charge in [-0.2, -0.15) is 4.98 Å². The maximum absolute atomic E-state index is 13.5. The van der Waals surface area contributed by atoms with Crippen molar-refractivity contribution in [2.45, 2.75) is 30.0 Å². The molecule has 15 nitrogen and oxygen atoms in total. The number of aromatic amines is 1. The highest BCUT2D eigenvalue weighted by Gasteiger charge is 2.62. The number of nitrogens with two attached hydrogens (primary N) is 1. The minimum Gasteiger partial charge on any atom is -0.395 e. The molecule has 0 bridgehead atoms. The van der Waals surface area contributed by atoms with Gasteiger partial charge >= 0.3 is 7.82 Å². The largest absolute Gasteiger partial charge is 0.469 e. The van der Waals surface area contributed by atoms with Gasteiger partial charge in [-0.25, -0.2) is 9.55 Å². The van der Waals surface area contributed by atoms with E-state index in [0.29, 0.717) is 5.56 Å². The lowest BCUT2D eigenvalue weighted by Crippen LogP contribution is -2.57. The molecule has 4 rings (SSSR count). The van der Waals surface area contributed by atoms with Crippen molar-refractivity contribution in [3.8, 4) is 0 Å². The van der Waals surface area contributed by atoms with Crippen molar-refractivity contribution < 1.29 is 43.7 Å². The van der Waals surface area contributed by atoms with Gasteiger partial charge in [0.15, 0.2) is 28.8 Å². The fourth-order valence-corrected chi connectivity index (χ4v) is 4.37. The highest BCUT2D eigenvalue weighted by molar-refractivity contribution is 7.46. The zero-order valence-electron chi connectivity index (χ0n) is 17.8. The monoisotopic (exact) mass is 511 g/mol. The molecule has 1 unspecified atom stereocenters. The summed E-state index contributed by atoms with van der Waals surface area (Å²) in [4.78, 5) is 54.0. The molecule has 8 N–H and O–H groups in total. The number of ketones is 1. The molecule has 16 heteroatoms. The maximum Gasteiger partial charge on any atom is 0.469 e. The Morgan fingerprint density at radius 3 is 2.66 bits per heavy atom. The van der Waals surface area contributed by atoms with E-state index >= 15 is 0 Å². The van der Waals surface area contributed by atoms with Gasteiger partial charge < -0.3 is 35.6 Å². The second-order valence-electron chi connectivity index (χ2n) is 7.86. The van der Waals surface area contributed by atoms with E-state index in [-0.39, 0.29) is 17.1 Å². The summed E-state index contributed by atoms with van der Waals surface area (Å²) >= 11 is 0. The molecule has 188 valence electrons. The third-order valence-corrected chi connectivity index (χ3v) is 6.22. The second-order valence-corrected chi connectivity index (χ2v) is 9.10. The molecule has 2 aromatic heterocycles. The molecule has 1 aliphatic heterocycles. The van der Waals surface area contributed by atoms with Crippen LogP contribution in [0.5, 0.6) is 0 Å². The third kappa shape index (κ3) is 4.51. The number of benzene rings is 1. The number of carbonyl (C=O) groups excluding carboxylic acids is 1. The number of nitrogens with one attached hydrogen (secondary N) is 1. The quantitative estimate of drug-likeness (QED) is 0.164. The first-order valence-electron chi connectivity index (χ1n) is 10.2. The van der Waals surface area contributed by atoms with Gasteiger partial charge in [0.05, 0.1) is 25.5 Å². The Kier molecular flexibility index (Phi) is 6.61. The lowest BCUT2D eigenvalue weighted by molar-refractivity contribution is -0.156. The summed E-state index contributed by atoms with van der Waals surface area (Å²) in [6.45, 7) is -1.76. The van der Waals surface area contributed by atoms with Crippen molar-refractivity contribution in [3.63, 3.8) is 0 Å². The maximum atomic E-state index is 13.5. The minimum atomic E-state index is -5.07. The smallest absolute Gasteiger partial charge is 0.395 e. The van der Waals surface area contributed by atoms with Gasteiger partial charge in [0.2, 0.25) is 5.95 Å². The molecule has 0 saturated carbocycles. The van der Waals surface area contributed by atoms with Crippen LogP contribution in [0.4, 0.5) is 5.95 Å². The van der Waals surface area contributed by atoms with Crippen LogP contribution >= 0.6 is 7.82 Å². The lowest BCUT2D eigenvalue weighted by Gasteiger charge is -2.32. The van der Waals surface area contributed by atoms with E-state index in [4.69, 9.17) is 20.3 Å². The first-order valence-corrected chi connectivity index (χ1v) is 11.7. The molecule has 1 saturated heterocycles. The van der Waals surface area contributed by atoms with E-state index in [2.05, 4.69) is 19.5 Å². The van der Waals surface area contributed by atoms with Crippen molar-refractivity contribution in [1.29, 1.82) is 0 Å². The van der Waals surface area contributed by atoms with E-state index in [0.717, 1.165) is 10.9 Å². The second kappa shape index (κ2) is 9.22. The lowest BCUT2D eigenvalue weighted by atomic mass is 9.79. The van der Waals surface area contributed by atoms with Gasteiger partial charge in [-0.3, -0.25) is 23.7 Å². The molecule has 0 aliphatic carbocycles. The normalized spacial score (nSPS) is 25.7. The van der Waals surface area contributed by atoms with Crippen molar-refractivity contribution >= 4 is 30.7 Å². The third-order valence-electron chi connectivity index (χ3n) is 5.73. The van der Waals surface area contributed by atoms with Crippen LogP contribution in [0.2, 0.25) is 0 Å². The Labute approximate surface area is 196 Å². The van der Waals surface area contributed by atoms with Crippen LogP contribution < -0.4 is 11.3 Å². The number of fused-ring (bicyclic) bond motifs is 1. The molecule has 3 heterocycles. The fraction of sp³-hybridized carbons (Fsp3) is 0.368. The van der Waals surface area contributed by atoms with Gasteiger partial charge in [-0.1, -0.05) is 30.3 Å². The number of imidazole rings is 1. The van der Waals surface area contributed by atoms with Gasteiger partial charge in [0.25, 0.3) is 5.56 Å². The minimum absolute atomic E-state index is 0.150. The summed E-state index contributed by atoms with van der Waals surface area (Å²) in [5.74, 6) is -2.70. The number of hydrogen-bond acceptors (Lipinski definition) is 11. The average molecular weight is 511 g/mol. The number of phosphoric acid groups is 1. The SMILES string of the molecule is Nc1nc2c(ncn2[C@@H]2O[C@H](COP(=O)(O)O)[C@](O)(C(=O)C(CO)c3ccccc3)[C@H]2O)c(=O)[nH]1. The number of carbonyl (C=O) groups is 1. The van der Waals surface area contributed by atoms with E-state index < -0.39 is 62.3 Å². The predicted molar refractivity (Wildman–Crippen MR) is 117 cm³/mol. The Morgan fingerprint density at radius 1 is 1.34 bits per heavy atom. The van der Waals surface area contributed by atoms with E-state index in [1.54, 1.807) is 18.2 Å². The molecule has 1 aromatic carbocycles. The summed E-state index contributed by atoms with van der Waals surface area (Å²) in [7, 11) is -5.07. The number of aromatic nitrogens is 4. The van der Waals surface area contributed by atoms with Gasteiger partial charge in [-0.05, 0) is 5.56 Å². The Bertz CT molecular complexity index is 1340. The number of nitrogen functional groups attached to an aromatic ring is 1. The molecular formula is C19H22N5O10P. The summed E-state index contributed by atoms with van der Waals surface area (Å²) in [6.07, 6.45) is -4.43. The van der Waals surface area contributed by atoms with Crippen LogP contribution in [0.25, 0.3) is 11.2 Å². The molecule has 1 fully saturated rings. The number of Topliss-reactive ketones (excluding diaryl/α,β-unsaturated/α-hetero) is 1. The number of anilines is 1. The zero-order valence-corrected chi connectivity index (χ0v) is 18.7. The number of nitrogens with zero attached hydrogens (tertiary/aromatic N) is 3. The van der Waals surface area contributed by atoms with Crippen molar-refractivity contribution in [2.75, 3.05) is 18.9 Å². The summed E-state index contributed by atoms with van der Waals surface area (Å²) < 4.78 is 22.4. The summed E-state index contributed by atoms with van der Waals surface area (Å²) in [5, 5.41) is 32.5. The zero-order chi connectivity index (χ0) is 25.5. The Morgan fingerprint density at radius 2 is 2.03 bits per heavy atom. The average Bonchev–Trinajstić information content (AvgIpc) is 3.33. The molecule has 0 radical (unpaired) electrons. The Hall–Kier alpha value is -3.01. The predicted octanol–water partition coefficient (Wildman–Crippen LogP) is -1.85. The first-order chi connectivity index (χ1) is 16.5. The number of hydrogen-bond donors (Lipinski definition) is 7. The standard InChI is InChI=1S/C19H22N5O10P/c20-18-22-15-12(16(28)23-18)21-8-24(15)17-14(27)19(29,11(34-17)7-33-35(30,31)32)13(26)10(6-25)9-4-2-1-3-5-9/h1-5,8,10-11,14,17,25,27,29H,6-7H2,(H2,30,31,32)(H3,20,22,23,28)/t10?,11-,14+,17-,19+/m1/s1. The number of H-pyrrole nitrogens is 1. The van der Waals surface area contributed by atoms with Gasteiger partial charge in [0.1, 0.15) is 12.2 Å². The van der Waals surface area contributed by atoms with E-state index in [9.17, 15) is 29.5 Å². The van der Waals surface area contributed by atoms with Crippen LogP contribution in [-0.4, -0.2) is 81.4 Å². The number of rotatable bonds is 8. The highest BCUT2D eigenvalue weighted by atomic mass is 31.2. The Balaban J connectivity index is 1.79. The first kappa shape index (κ1) is 25.1. The molecule has 3 aromatic rings. The molecule has 0 amide bonds.